The van der Waals surface area contributed by atoms with E-state index in [1.165, 1.54) is 0 Å². The Balaban J connectivity index is 1.84. The number of carbonyl (C=O) groups excluding carboxylic acids is 3. The Hall–Kier alpha value is -5.77. The summed E-state index contributed by atoms with van der Waals surface area (Å²) in [6.07, 6.45) is 0. The van der Waals surface area contributed by atoms with Crippen molar-refractivity contribution in [3.05, 3.63) is 53.1 Å². The summed E-state index contributed by atoms with van der Waals surface area (Å²) in [5.74, 6) is -11.5. The minimum atomic E-state index is -1.91. The third-order valence-electron chi connectivity index (χ3n) is 5.78. The summed E-state index contributed by atoms with van der Waals surface area (Å²) in [4.78, 5) is 37.7. The van der Waals surface area contributed by atoms with E-state index in [4.69, 9.17) is 14.2 Å². The number of aromatic hydroxyl groups is 9. The van der Waals surface area contributed by atoms with Gasteiger partial charge in [-0.3, -0.25) is 0 Å². The van der Waals surface area contributed by atoms with Crippen LogP contribution in [0.3, 0.4) is 0 Å². The van der Waals surface area contributed by atoms with E-state index in [1.54, 1.807) is 0 Å². The molecule has 0 aliphatic heterocycles. The molecule has 0 bridgehead atoms. The van der Waals surface area contributed by atoms with Gasteiger partial charge in [-0.1, -0.05) is 0 Å². The monoisotopic (exact) mass is 592 g/mol. The fourth-order valence-corrected chi connectivity index (χ4v) is 3.33. The fourth-order valence-electron chi connectivity index (χ4n) is 3.33. The van der Waals surface area contributed by atoms with Crippen LogP contribution in [0.1, 0.15) is 31.1 Å². The van der Waals surface area contributed by atoms with Gasteiger partial charge in [-0.15, -0.1) is 0 Å². The van der Waals surface area contributed by atoms with Gasteiger partial charge in [0.1, 0.15) is 19.8 Å². The number of phenolic OH excluding ortho intramolecular Hbond substituents is 9. The van der Waals surface area contributed by atoms with E-state index in [0.717, 1.165) is 36.4 Å². The van der Waals surface area contributed by atoms with Crippen molar-refractivity contribution in [3.8, 4) is 51.7 Å². The Bertz CT molecular complexity index is 1280. The number of carbonyl (C=O) groups is 3. The zero-order valence-electron chi connectivity index (χ0n) is 21.2. The highest BCUT2D eigenvalue weighted by Gasteiger charge is 2.36. The highest BCUT2D eigenvalue weighted by atomic mass is 16.6. The molecule has 0 aromatic heterocycles. The third kappa shape index (κ3) is 6.68. The molecule has 0 atom stereocenters. The largest absolute Gasteiger partial charge is 0.504 e. The zero-order valence-corrected chi connectivity index (χ0v) is 21.2. The van der Waals surface area contributed by atoms with E-state index in [2.05, 4.69) is 0 Å². The van der Waals surface area contributed by atoms with Crippen LogP contribution in [0.15, 0.2) is 36.4 Å². The lowest BCUT2D eigenvalue weighted by atomic mass is 9.92. The first kappa shape index (κ1) is 30.8. The summed E-state index contributed by atoms with van der Waals surface area (Å²) in [7, 11) is 0. The molecule has 10 N–H and O–H groups in total. The zero-order chi connectivity index (χ0) is 31.4. The van der Waals surface area contributed by atoms with Crippen molar-refractivity contribution in [1.29, 1.82) is 0 Å². The smallest absolute Gasteiger partial charge is 0.338 e. The summed E-state index contributed by atoms with van der Waals surface area (Å²) >= 11 is 0. The molecule has 3 aromatic carbocycles. The number of aliphatic hydroxyl groups excluding tert-OH is 1. The molecule has 0 radical (unpaired) electrons. The molecule has 0 saturated carbocycles. The molecule has 0 fully saturated rings. The van der Waals surface area contributed by atoms with Gasteiger partial charge in [-0.2, -0.15) is 0 Å². The quantitative estimate of drug-likeness (QED) is 0.0888. The second-order valence-corrected chi connectivity index (χ2v) is 8.98. The Morgan fingerprint density at radius 2 is 0.690 bits per heavy atom. The number of ether oxygens (including phenoxy) is 3. The minimum Gasteiger partial charge on any atom is -0.504 e. The molecule has 3 rings (SSSR count). The second-order valence-electron chi connectivity index (χ2n) is 8.98. The molecule has 3 aromatic rings. The number of rotatable bonds is 10. The summed E-state index contributed by atoms with van der Waals surface area (Å²) in [5, 5.41) is 96.5. The van der Waals surface area contributed by atoms with E-state index in [9.17, 15) is 65.4 Å². The first-order valence-corrected chi connectivity index (χ1v) is 11.5. The molecular weight excluding hydrogens is 568 g/mol. The van der Waals surface area contributed by atoms with Crippen molar-refractivity contribution < 1.29 is 79.7 Å². The van der Waals surface area contributed by atoms with Crippen LogP contribution >= 0.6 is 0 Å². The summed E-state index contributed by atoms with van der Waals surface area (Å²) in [6, 6.07) is 4.53. The molecule has 16 nitrogen and oxygen atoms in total. The number of phenols is 9. The maximum atomic E-state index is 12.6. The van der Waals surface area contributed by atoms with Crippen LogP contribution in [0.5, 0.6) is 51.7 Å². The van der Waals surface area contributed by atoms with Crippen molar-refractivity contribution in [3.63, 3.8) is 0 Å². The van der Waals surface area contributed by atoms with Crippen LogP contribution in [0.4, 0.5) is 0 Å². The standard InChI is InChI=1S/C26H24O16/c27-7-26(8-40-23(37)11-1-14(28)20(34)15(29)2-11,9-41-24(38)12-3-16(30)21(35)17(31)4-12)10-42-25(39)13-5-18(32)22(36)19(33)6-13/h1-6,27-36H,7-10H2. The highest BCUT2D eigenvalue weighted by molar-refractivity contribution is 5.92. The Kier molecular flexibility index (Phi) is 8.92. The van der Waals surface area contributed by atoms with Crippen LogP contribution in [0.2, 0.25) is 0 Å². The topological polar surface area (TPSA) is 281 Å². The molecule has 0 spiro atoms. The maximum absolute atomic E-state index is 12.6. The molecule has 224 valence electrons. The van der Waals surface area contributed by atoms with Gasteiger partial charge in [0.25, 0.3) is 0 Å². The van der Waals surface area contributed by atoms with Gasteiger partial charge in [0.2, 0.25) is 0 Å². The Labute approximate surface area is 234 Å². The number of hydrogen-bond acceptors (Lipinski definition) is 16. The van der Waals surface area contributed by atoms with E-state index < -0.39 is 118 Å². The first-order chi connectivity index (χ1) is 19.7. The minimum absolute atomic E-state index is 0.450. The lowest BCUT2D eigenvalue weighted by Gasteiger charge is -2.30. The lowest BCUT2D eigenvalue weighted by Crippen LogP contribution is -2.42. The average molecular weight is 592 g/mol. The summed E-state index contributed by atoms with van der Waals surface area (Å²) in [6.45, 7) is -3.51. The van der Waals surface area contributed by atoms with Crippen molar-refractivity contribution in [1.82, 2.24) is 0 Å². The van der Waals surface area contributed by atoms with E-state index in [-0.39, 0.29) is 0 Å². The van der Waals surface area contributed by atoms with E-state index >= 15 is 0 Å². The number of esters is 3. The van der Waals surface area contributed by atoms with Crippen LogP contribution < -0.4 is 0 Å². The third-order valence-corrected chi connectivity index (χ3v) is 5.78. The van der Waals surface area contributed by atoms with Gasteiger partial charge >= 0.3 is 17.9 Å². The Morgan fingerprint density at radius 1 is 0.476 bits per heavy atom. The van der Waals surface area contributed by atoms with Crippen molar-refractivity contribution >= 4 is 17.9 Å². The first-order valence-electron chi connectivity index (χ1n) is 11.5. The molecule has 16 heteroatoms. The number of benzene rings is 3. The van der Waals surface area contributed by atoms with Gasteiger partial charge in [0.15, 0.2) is 51.7 Å². The fraction of sp³-hybridized carbons (Fsp3) is 0.192. The van der Waals surface area contributed by atoms with Crippen LogP contribution in [-0.4, -0.2) is 95.4 Å². The van der Waals surface area contributed by atoms with E-state index in [1.807, 2.05) is 0 Å². The van der Waals surface area contributed by atoms with Crippen molar-refractivity contribution in [2.75, 3.05) is 26.4 Å². The van der Waals surface area contributed by atoms with Gasteiger partial charge in [-0.25, -0.2) is 14.4 Å². The highest BCUT2D eigenvalue weighted by Crippen LogP contribution is 2.38. The van der Waals surface area contributed by atoms with Gasteiger partial charge < -0.3 is 65.3 Å². The molecule has 0 unspecified atom stereocenters. The van der Waals surface area contributed by atoms with Gasteiger partial charge in [-0.05, 0) is 36.4 Å². The molecule has 42 heavy (non-hydrogen) atoms. The SMILES string of the molecule is O=C(OCC(CO)(COC(=O)c1cc(O)c(O)c(O)c1)COC(=O)c1cc(O)c(O)c(O)c1)c1cc(O)c(O)c(O)c1. The van der Waals surface area contributed by atoms with Gasteiger partial charge in [0.05, 0.1) is 28.7 Å². The van der Waals surface area contributed by atoms with Crippen molar-refractivity contribution in [2.45, 2.75) is 0 Å². The predicted octanol–water partition coefficient (Wildman–Crippen LogP) is 0.887. The molecular formula is C26H24O16. The lowest BCUT2D eigenvalue weighted by molar-refractivity contribution is -0.0588. The predicted molar refractivity (Wildman–Crippen MR) is 135 cm³/mol. The van der Waals surface area contributed by atoms with Crippen LogP contribution in [0, 0.1) is 5.41 Å². The van der Waals surface area contributed by atoms with E-state index in [0.29, 0.717) is 0 Å². The average Bonchev–Trinajstić information content (AvgIpc) is 2.95. The number of hydrogen-bond donors (Lipinski definition) is 10. The van der Waals surface area contributed by atoms with Crippen LogP contribution in [-0.2, 0) is 14.2 Å². The normalized spacial score (nSPS) is 11.1. The van der Waals surface area contributed by atoms with Crippen molar-refractivity contribution in [2.24, 2.45) is 5.41 Å². The molecule has 0 saturated heterocycles. The molecule has 0 aliphatic rings. The molecule has 0 amide bonds. The van der Waals surface area contributed by atoms with Crippen LogP contribution in [0.25, 0.3) is 0 Å². The second kappa shape index (κ2) is 12.2. The molecule has 0 aliphatic carbocycles. The summed E-state index contributed by atoms with van der Waals surface area (Å²) in [5.41, 5.74) is -3.26. The summed E-state index contributed by atoms with van der Waals surface area (Å²) < 4.78 is 15.3. The maximum Gasteiger partial charge on any atom is 0.338 e. The Morgan fingerprint density at radius 3 is 0.881 bits per heavy atom. The number of aliphatic hydroxyl groups is 1. The van der Waals surface area contributed by atoms with Gasteiger partial charge in [0, 0.05) is 0 Å². The molecule has 0 heterocycles.